The molecule has 2 aromatic carbocycles. The fourth-order valence-electron chi connectivity index (χ4n) is 4.40. The van der Waals surface area contributed by atoms with Crippen LogP contribution in [-0.2, 0) is 9.59 Å². The van der Waals surface area contributed by atoms with Crippen LogP contribution in [-0.4, -0.2) is 77.8 Å². The summed E-state index contributed by atoms with van der Waals surface area (Å²) in [5, 5.41) is 15.9. The third-order valence-corrected chi connectivity index (χ3v) is 6.33. The molecule has 1 saturated heterocycles. The Morgan fingerprint density at radius 3 is 2.44 bits per heavy atom. The summed E-state index contributed by atoms with van der Waals surface area (Å²) in [4.78, 5) is 30.0. The number of ether oxygens (including phenoxy) is 2. The van der Waals surface area contributed by atoms with Crippen molar-refractivity contribution in [2.45, 2.75) is 13.0 Å². The molecule has 0 saturated carbocycles. The molecule has 0 aliphatic carbocycles. The Hall–Kier alpha value is -4.11. The quantitative estimate of drug-likeness (QED) is 0.294. The molecular formula is C27H30N4O5. The zero-order valence-electron chi connectivity index (χ0n) is 21.1. The van der Waals surface area contributed by atoms with Gasteiger partial charge in [0.1, 0.15) is 17.3 Å². The van der Waals surface area contributed by atoms with Crippen LogP contribution >= 0.6 is 0 Å². The van der Waals surface area contributed by atoms with Crippen molar-refractivity contribution in [3.8, 4) is 17.2 Å². The van der Waals surface area contributed by atoms with Crippen molar-refractivity contribution >= 4 is 17.4 Å². The number of hydrogen-bond acceptors (Lipinski definition) is 7. The molecular weight excluding hydrogens is 460 g/mol. The molecule has 1 amide bonds. The number of likely N-dealkylation sites (N-methyl/N-ethyl adjacent to an activating group) is 1. The van der Waals surface area contributed by atoms with Gasteiger partial charge in [0.2, 0.25) is 0 Å². The Labute approximate surface area is 210 Å². The molecule has 36 heavy (non-hydrogen) atoms. The van der Waals surface area contributed by atoms with Crippen molar-refractivity contribution in [3.05, 3.63) is 77.1 Å². The van der Waals surface area contributed by atoms with Crippen LogP contribution in [0.15, 0.2) is 60.3 Å². The van der Waals surface area contributed by atoms with E-state index >= 15 is 0 Å². The minimum absolute atomic E-state index is 0.00191. The van der Waals surface area contributed by atoms with Gasteiger partial charge in [0.25, 0.3) is 11.7 Å². The van der Waals surface area contributed by atoms with Crippen molar-refractivity contribution in [3.63, 3.8) is 0 Å². The molecule has 1 fully saturated rings. The van der Waals surface area contributed by atoms with E-state index in [2.05, 4.69) is 5.10 Å². The number of Topliss-reactive ketones (excluding diaryl/α,β-unsaturated/α-hetero) is 1. The molecule has 188 valence electrons. The highest BCUT2D eigenvalue weighted by atomic mass is 16.5. The second-order valence-electron chi connectivity index (χ2n) is 8.79. The lowest BCUT2D eigenvalue weighted by atomic mass is 9.94. The summed E-state index contributed by atoms with van der Waals surface area (Å²) in [6, 6.07) is 13.8. The molecule has 1 N–H and O–H groups in total. The van der Waals surface area contributed by atoms with Gasteiger partial charge >= 0.3 is 0 Å². The molecule has 1 unspecified atom stereocenters. The molecule has 2 heterocycles. The van der Waals surface area contributed by atoms with Crippen molar-refractivity contribution in [2.24, 2.45) is 0 Å². The molecule has 1 aliphatic rings. The summed E-state index contributed by atoms with van der Waals surface area (Å²) in [5.41, 5.74) is 2.40. The Morgan fingerprint density at radius 2 is 1.81 bits per heavy atom. The number of aliphatic hydroxyl groups is 1. The van der Waals surface area contributed by atoms with Crippen LogP contribution in [0.4, 0.5) is 0 Å². The average molecular weight is 491 g/mol. The summed E-state index contributed by atoms with van der Waals surface area (Å²) >= 11 is 0. The Balaban J connectivity index is 1.89. The highest BCUT2D eigenvalue weighted by Gasteiger charge is 2.47. The van der Waals surface area contributed by atoms with Crippen molar-refractivity contribution in [1.29, 1.82) is 0 Å². The number of nitrogens with zero attached hydrogens (tertiary/aromatic N) is 4. The first-order valence-corrected chi connectivity index (χ1v) is 11.5. The highest BCUT2D eigenvalue weighted by Crippen LogP contribution is 2.43. The van der Waals surface area contributed by atoms with Crippen LogP contribution < -0.4 is 9.47 Å². The largest absolute Gasteiger partial charge is 0.507 e. The number of carbonyl (C=O) groups excluding carboxylic acids is 2. The Bertz CT molecular complexity index is 1310. The van der Waals surface area contributed by atoms with Crippen LogP contribution in [0.3, 0.4) is 0 Å². The number of hydrogen-bond donors (Lipinski definition) is 1. The van der Waals surface area contributed by atoms with Gasteiger partial charge in [0.15, 0.2) is 0 Å². The summed E-state index contributed by atoms with van der Waals surface area (Å²) < 4.78 is 12.6. The minimum Gasteiger partial charge on any atom is -0.507 e. The van der Waals surface area contributed by atoms with E-state index in [-0.39, 0.29) is 17.9 Å². The fourth-order valence-corrected chi connectivity index (χ4v) is 4.40. The molecule has 4 rings (SSSR count). The number of likely N-dealkylation sites (tertiary alicyclic amines) is 1. The third kappa shape index (κ3) is 4.45. The number of amides is 1. The number of methoxy groups -OCH3 is 2. The van der Waals surface area contributed by atoms with E-state index in [1.54, 1.807) is 36.9 Å². The molecule has 9 heteroatoms. The zero-order chi connectivity index (χ0) is 26.0. The van der Waals surface area contributed by atoms with E-state index in [4.69, 9.17) is 9.47 Å². The summed E-state index contributed by atoms with van der Waals surface area (Å²) in [6.45, 7) is 2.63. The second kappa shape index (κ2) is 10.2. The maximum Gasteiger partial charge on any atom is 0.295 e. The van der Waals surface area contributed by atoms with Crippen LogP contribution in [0.25, 0.3) is 11.4 Å². The van der Waals surface area contributed by atoms with Gasteiger partial charge in [-0.2, -0.15) is 5.10 Å². The standard InChI is InChI=1S/C27H30N4O5/c1-17-21(16-28-31(17)18-9-7-6-8-10-18)25(32)23-24(20-12-11-19(35-4)15-22(20)36-5)30(14-13-29(2)3)27(34)26(23)33/h6-12,15-16,24,32H,13-14H2,1-5H3/b25-23+. The fraction of sp³-hybridized carbons (Fsp3) is 0.296. The predicted octanol–water partition coefficient (Wildman–Crippen LogP) is 3.18. The molecule has 0 radical (unpaired) electrons. The molecule has 0 bridgehead atoms. The minimum atomic E-state index is -0.842. The summed E-state index contributed by atoms with van der Waals surface area (Å²) in [6.07, 6.45) is 1.51. The van der Waals surface area contributed by atoms with Gasteiger partial charge in [0, 0.05) is 24.7 Å². The topological polar surface area (TPSA) is 97.1 Å². The van der Waals surface area contributed by atoms with Gasteiger partial charge in [-0.1, -0.05) is 18.2 Å². The molecule has 9 nitrogen and oxygen atoms in total. The first-order chi connectivity index (χ1) is 17.3. The van der Waals surface area contributed by atoms with Gasteiger partial charge in [0.05, 0.1) is 49.0 Å². The molecule has 1 aliphatic heterocycles. The van der Waals surface area contributed by atoms with E-state index in [1.165, 1.54) is 18.2 Å². The number of aliphatic hydroxyl groups excluding tert-OH is 1. The molecule has 3 aromatic rings. The zero-order valence-corrected chi connectivity index (χ0v) is 21.1. The van der Waals surface area contributed by atoms with Crippen molar-refractivity contribution in [1.82, 2.24) is 19.6 Å². The molecule has 0 spiro atoms. The van der Waals surface area contributed by atoms with Gasteiger partial charge < -0.3 is 24.4 Å². The monoisotopic (exact) mass is 490 g/mol. The first kappa shape index (κ1) is 25.0. The Kier molecular flexibility index (Phi) is 7.12. The third-order valence-electron chi connectivity index (χ3n) is 6.33. The van der Waals surface area contributed by atoms with Gasteiger partial charge in [-0.05, 0) is 45.3 Å². The van der Waals surface area contributed by atoms with E-state index in [0.717, 1.165) is 5.69 Å². The average Bonchev–Trinajstić information content (AvgIpc) is 3.39. The van der Waals surface area contributed by atoms with Crippen LogP contribution in [0.1, 0.15) is 22.9 Å². The predicted molar refractivity (Wildman–Crippen MR) is 135 cm³/mol. The normalized spacial score (nSPS) is 17.2. The maximum absolute atomic E-state index is 13.4. The Morgan fingerprint density at radius 1 is 1.08 bits per heavy atom. The van der Waals surface area contributed by atoms with E-state index in [9.17, 15) is 14.7 Å². The summed E-state index contributed by atoms with van der Waals surface area (Å²) in [5.74, 6) is -0.682. The van der Waals surface area contributed by atoms with Crippen molar-refractivity contribution in [2.75, 3.05) is 41.4 Å². The van der Waals surface area contributed by atoms with Crippen LogP contribution in [0, 0.1) is 6.92 Å². The van der Waals surface area contributed by atoms with Crippen LogP contribution in [0.5, 0.6) is 11.5 Å². The lowest BCUT2D eigenvalue weighted by Crippen LogP contribution is -2.35. The number of carbonyl (C=O) groups is 2. The number of para-hydroxylation sites is 1. The lowest BCUT2D eigenvalue weighted by molar-refractivity contribution is -0.140. The SMILES string of the molecule is COc1ccc(C2/C(=C(\O)c3cnn(-c4ccccc4)c3C)C(=O)C(=O)N2CCN(C)C)c(OC)c1. The lowest BCUT2D eigenvalue weighted by Gasteiger charge is -2.27. The highest BCUT2D eigenvalue weighted by molar-refractivity contribution is 6.46. The smallest absolute Gasteiger partial charge is 0.295 e. The van der Waals surface area contributed by atoms with Gasteiger partial charge in [-0.15, -0.1) is 0 Å². The number of ketones is 1. The van der Waals surface area contributed by atoms with E-state index in [1.807, 2.05) is 49.3 Å². The second-order valence-corrected chi connectivity index (χ2v) is 8.79. The number of benzene rings is 2. The van der Waals surface area contributed by atoms with E-state index in [0.29, 0.717) is 34.9 Å². The maximum atomic E-state index is 13.4. The van der Waals surface area contributed by atoms with Gasteiger partial charge in [-0.25, -0.2) is 4.68 Å². The van der Waals surface area contributed by atoms with Crippen molar-refractivity contribution < 1.29 is 24.2 Å². The summed E-state index contributed by atoms with van der Waals surface area (Å²) in [7, 11) is 6.84. The van der Waals surface area contributed by atoms with Crippen LogP contribution in [0.2, 0.25) is 0 Å². The molecule has 1 aromatic heterocycles. The van der Waals surface area contributed by atoms with Gasteiger partial charge in [-0.3, -0.25) is 9.59 Å². The number of aromatic nitrogens is 2. The molecule has 1 atom stereocenters. The number of rotatable bonds is 8. The first-order valence-electron chi connectivity index (χ1n) is 11.5. The van der Waals surface area contributed by atoms with E-state index < -0.39 is 17.7 Å².